The molecule has 1 aromatic heterocycles. The molecule has 0 bridgehead atoms. The molecule has 11 rings (SSSR count). The molecule has 0 aliphatic heterocycles. The minimum Gasteiger partial charge on any atom is -0.310 e. The van der Waals surface area contributed by atoms with Crippen molar-refractivity contribution in [1.82, 2.24) is 0 Å². The number of fused-ring (bicyclic) bond motifs is 3. The van der Waals surface area contributed by atoms with Crippen LogP contribution in [0, 0.1) is 0 Å². The van der Waals surface area contributed by atoms with E-state index in [0.717, 1.165) is 22.6 Å². The van der Waals surface area contributed by atoms with Crippen LogP contribution in [0.3, 0.4) is 0 Å². The molecule has 2 heteroatoms. The number of benzene rings is 10. The van der Waals surface area contributed by atoms with Gasteiger partial charge in [-0.1, -0.05) is 188 Å². The number of hydrogen-bond donors (Lipinski definition) is 0. The second-order valence-corrected chi connectivity index (χ2v) is 16.8. The SMILES string of the molecule is c1ccc(-c2cc(-c3ccccc3)cc(-c3ccc(N(c4ccc5sc6ccccc6c5c4)c4ccccc4-c4ccccc4-c4ccccc4-c4ccccc4)cc3)c2)cc1. The van der Waals surface area contributed by atoms with Crippen LogP contribution in [0.1, 0.15) is 0 Å². The lowest BCUT2D eigenvalue weighted by Crippen LogP contribution is -2.11. The Morgan fingerprint density at radius 1 is 0.242 bits per heavy atom. The number of anilines is 3. The molecule has 0 spiro atoms. The topological polar surface area (TPSA) is 3.24 Å². The third kappa shape index (κ3) is 7.07. The van der Waals surface area contributed by atoms with E-state index in [-0.39, 0.29) is 0 Å². The van der Waals surface area contributed by atoms with E-state index >= 15 is 0 Å². The van der Waals surface area contributed by atoms with Crippen LogP contribution in [0.25, 0.3) is 86.9 Å². The molecule has 0 atom stereocenters. The Kier molecular flexibility index (Phi) is 9.82. The first kappa shape index (κ1) is 37.2. The van der Waals surface area contributed by atoms with Gasteiger partial charge in [0.2, 0.25) is 0 Å². The standard InChI is InChI=1S/C60H41NS/c1-4-18-42(19-5-1)46-38-47(43-20-6-2-7-21-43)40-48(39-46)44-32-34-49(35-33-44)61(50-36-37-60-57(41-50)56-29-15-17-31-59(56)62-60)58-30-16-14-28-55(58)54-27-13-12-26-53(54)52-25-11-10-24-51(52)45-22-8-3-9-23-45/h1-41H. The first-order chi connectivity index (χ1) is 30.7. The molecule has 0 aliphatic rings. The smallest absolute Gasteiger partial charge is 0.0540 e. The molecule has 62 heavy (non-hydrogen) atoms. The van der Waals surface area contributed by atoms with Gasteiger partial charge in [0.15, 0.2) is 0 Å². The number of hydrogen-bond acceptors (Lipinski definition) is 2. The highest BCUT2D eigenvalue weighted by Crippen LogP contribution is 2.47. The summed E-state index contributed by atoms with van der Waals surface area (Å²) in [5.74, 6) is 0. The van der Waals surface area contributed by atoms with E-state index in [1.165, 1.54) is 81.4 Å². The van der Waals surface area contributed by atoms with Gasteiger partial charge in [0.1, 0.15) is 0 Å². The highest BCUT2D eigenvalue weighted by molar-refractivity contribution is 7.25. The quantitative estimate of drug-likeness (QED) is 0.140. The predicted molar refractivity (Wildman–Crippen MR) is 267 cm³/mol. The summed E-state index contributed by atoms with van der Waals surface area (Å²) in [5, 5.41) is 2.55. The Hall–Kier alpha value is -7.78. The van der Waals surface area contributed by atoms with Crippen LogP contribution in [-0.2, 0) is 0 Å². The summed E-state index contributed by atoms with van der Waals surface area (Å²) < 4.78 is 2.59. The lowest BCUT2D eigenvalue weighted by molar-refractivity contribution is 1.29. The molecule has 1 heterocycles. The first-order valence-corrected chi connectivity index (χ1v) is 22.0. The molecule has 0 saturated heterocycles. The fourth-order valence-corrected chi connectivity index (χ4v) is 10.00. The van der Waals surface area contributed by atoms with E-state index in [4.69, 9.17) is 0 Å². The van der Waals surface area contributed by atoms with E-state index in [2.05, 4.69) is 254 Å². The Morgan fingerprint density at radius 2 is 0.661 bits per heavy atom. The molecular formula is C60H41NS. The van der Waals surface area contributed by atoms with Crippen molar-refractivity contribution in [2.24, 2.45) is 0 Å². The van der Waals surface area contributed by atoms with Crippen LogP contribution in [0.2, 0.25) is 0 Å². The highest BCUT2D eigenvalue weighted by Gasteiger charge is 2.21. The summed E-state index contributed by atoms with van der Waals surface area (Å²) in [6, 6.07) is 90.4. The lowest BCUT2D eigenvalue weighted by atomic mass is 9.88. The molecule has 0 saturated carbocycles. The second kappa shape index (κ2) is 16.3. The lowest BCUT2D eigenvalue weighted by Gasteiger charge is -2.29. The molecule has 1 nitrogen and oxygen atoms in total. The summed E-state index contributed by atoms with van der Waals surface area (Å²) in [7, 11) is 0. The van der Waals surface area contributed by atoms with E-state index < -0.39 is 0 Å². The Balaban J connectivity index is 1.08. The molecule has 0 fully saturated rings. The molecule has 0 aliphatic carbocycles. The van der Waals surface area contributed by atoms with Crippen molar-refractivity contribution in [2.75, 3.05) is 4.90 Å². The van der Waals surface area contributed by atoms with Gasteiger partial charge in [0, 0.05) is 37.1 Å². The molecule has 10 aromatic carbocycles. The van der Waals surface area contributed by atoms with E-state index in [0.29, 0.717) is 0 Å². The van der Waals surface area contributed by atoms with Crippen LogP contribution >= 0.6 is 11.3 Å². The minimum atomic E-state index is 1.09. The fourth-order valence-electron chi connectivity index (χ4n) is 8.91. The Bertz CT molecular complexity index is 3270. The zero-order chi connectivity index (χ0) is 41.2. The van der Waals surface area contributed by atoms with Crippen LogP contribution in [-0.4, -0.2) is 0 Å². The molecule has 292 valence electrons. The van der Waals surface area contributed by atoms with Gasteiger partial charge in [-0.2, -0.15) is 0 Å². The van der Waals surface area contributed by atoms with Crippen molar-refractivity contribution in [1.29, 1.82) is 0 Å². The first-order valence-electron chi connectivity index (χ1n) is 21.2. The molecular weight excluding hydrogens is 767 g/mol. The third-order valence-electron chi connectivity index (χ3n) is 11.9. The summed E-state index contributed by atoms with van der Waals surface area (Å²) in [6.45, 7) is 0. The Morgan fingerprint density at radius 3 is 1.27 bits per heavy atom. The number of thiophene rings is 1. The normalized spacial score (nSPS) is 11.2. The maximum Gasteiger partial charge on any atom is 0.0540 e. The van der Waals surface area contributed by atoms with Crippen molar-refractivity contribution in [3.63, 3.8) is 0 Å². The zero-order valence-electron chi connectivity index (χ0n) is 34.0. The van der Waals surface area contributed by atoms with Crippen molar-refractivity contribution in [2.45, 2.75) is 0 Å². The van der Waals surface area contributed by atoms with Gasteiger partial charge in [0.25, 0.3) is 0 Å². The van der Waals surface area contributed by atoms with Gasteiger partial charge in [-0.25, -0.2) is 0 Å². The number of nitrogens with zero attached hydrogens (tertiary/aromatic N) is 1. The Labute approximate surface area is 367 Å². The average molecular weight is 808 g/mol. The van der Waals surface area contributed by atoms with Crippen molar-refractivity contribution < 1.29 is 0 Å². The van der Waals surface area contributed by atoms with Gasteiger partial charge in [-0.15, -0.1) is 11.3 Å². The number of rotatable bonds is 9. The summed E-state index contributed by atoms with van der Waals surface area (Å²) in [5.41, 5.74) is 17.6. The summed E-state index contributed by atoms with van der Waals surface area (Å²) >= 11 is 1.85. The maximum absolute atomic E-state index is 2.45. The van der Waals surface area contributed by atoms with E-state index in [9.17, 15) is 0 Å². The van der Waals surface area contributed by atoms with Gasteiger partial charge < -0.3 is 4.90 Å². The highest BCUT2D eigenvalue weighted by atomic mass is 32.1. The minimum absolute atomic E-state index is 1.09. The van der Waals surface area contributed by atoms with E-state index in [1.807, 2.05) is 11.3 Å². The van der Waals surface area contributed by atoms with Crippen LogP contribution in [0.5, 0.6) is 0 Å². The maximum atomic E-state index is 2.45. The largest absolute Gasteiger partial charge is 0.310 e. The average Bonchev–Trinajstić information content (AvgIpc) is 3.73. The van der Waals surface area contributed by atoms with E-state index in [1.54, 1.807) is 0 Å². The summed E-state index contributed by atoms with van der Waals surface area (Å²) in [6.07, 6.45) is 0. The molecule has 0 amide bonds. The molecule has 11 aromatic rings. The fraction of sp³-hybridized carbons (Fsp3) is 0. The van der Waals surface area contributed by atoms with Gasteiger partial charge >= 0.3 is 0 Å². The van der Waals surface area contributed by atoms with Crippen molar-refractivity contribution >= 4 is 48.6 Å². The van der Waals surface area contributed by atoms with Crippen LogP contribution < -0.4 is 4.90 Å². The molecule has 0 radical (unpaired) electrons. The van der Waals surface area contributed by atoms with Crippen molar-refractivity contribution in [3.05, 3.63) is 249 Å². The third-order valence-corrected chi connectivity index (χ3v) is 13.0. The van der Waals surface area contributed by atoms with Gasteiger partial charge in [0.05, 0.1) is 5.69 Å². The number of para-hydroxylation sites is 1. The molecule has 0 unspecified atom stereocenters. The zero-order valence-corrected chi connectivity index (χ0v) is 34.8. The monoisotopic (exact) mass is 807 g/mol. The predicted octanol–water partition coefficient (Wildman–Crippen LogP) is 17.5. The van der Waals surface area contributed by atoms with Crippen LogP contribution in [0.15, 0.2) is 249 Å². The second-order valence-electron chi connectivity index (χ2n) is 15.7. The molecule has 0 N–H and O–H groups in total. The van der Waals surface area contributed by atoms with Gasteiger partial charge in [-0.3, -0.25) is 0 Å². The van der Waals surface area contributed by atoms with Crippen molar-refractivity contribution in [3.8, 4) is 66.8 Å². The van der Waals surface area contributed by atoms with Gasteiger partial charge in [-0.05, 0) is 122 Å². The summed E-state index contributed by atoms with van der Waals surface area (Å²) in [4.78, 5) is 2.45. The van der Waals surface area contributed by atoms with Crippen LogP contribution in [0.4, 0.5) is 17.1 Å².